The number of aryl methyl sites for hydroxylation is 1. The van der Waals surface area contributed by atoms with Gasteiger partial charge in [0.1, 0.15) is 11.4 Å². The zero-order valence-electron chi connectivity index (χ0n) is 14.6. The summed E-state index contributed by atoms with van der Waals surface area (Å²) < 4.78 is 16.8. The van der Waals surface area contributed by atoms with E-state index in [1.165, 1.54) is 0 Å². The highest BCUT2D eigenvalue weighted by Gasteiger charge is 2.49. The van der Waals surface area contributed by atoms with Crippen molar-refractivity contribution >= 4 is 5.91 Å². The van der Waals surface area contributed by atoms with Gasteiger partial charge in [0.05, 0.1) is 25.8 Å². The molecule has 2 saturated heterocycles. The van der Waals surface area contributed by atoms with Gasteiger partial charge in [-0.3, -0.25) is 4.79 Å². The second-order valence-electron chi connectivity index (χ2n) is 6.71. The third-order valence-corrected chi connectivity index (χ3v) is 4.95. The van der Waals surface area contributed by atoms with Crippen molar-refractivity contribution in [2.75, 3.05) is 33.4 Å². The highest BCUT2D eigenvalue weighted by molar-refractivity contribution is 5.77. The number of likely N-dealkylation sites (tertiary alicyclic amines) is 1. The molecular weight excluding hydrogens is 306 g/mol. The van der Waals surface area contributed by atoms with Gasteiger partial charge in [0.15, 0.2) is 0 Å². The molecule has 0 bridgehead atoms. The van der Waals surface area contributed by atoms with Crippen LogP contribution < -0.4 is 4.74 Å². The second kappa shape index (κ2) is 7.53. The zero-order valence-corrected chi connectivity index (χ0v) is 14.6. The molecule has 1 atom stereocenters. The van der Waals surface area contributed by atoms with Crippen LogP contribution in [-0.4, -0.2) is 55.9 Å². The van der Waals surface area contributed by atoms with Gasteiger partial charge in [-0.15, -0.1) is 0 Å². The van der Waals surface area contributed by atoms with Crippen molar-refractivity contribution in [1.29, 1.82) is 0 Å². The molecule has 1 spiro atoms. The van der Waals surface area contributed by atoms with Gasteiger partial charge in [-0.05, 0) is 37.5 Å². The fourth-order valence-electron chi connectivity index (χ4n) is 3.56. The number of ether oxygens (including phenoxy) is 3. The van der Waals surface area contributed by atoms with Crippen LogP contribution in [0.2, 0.25) is 0 Å². The Morgan fingerprint density at radius 3 is 2.75 bits per heavy atom. The van der Waals surface area contributed by atoms with E-state index in [1.807, 2.05) is 36.1 Å². The van der Waals surface area contributed by atoms with Crippen molar-refractivity contribution in [3.63, 3.8) is 0 Å². The lowest BCUT2D eigenvalue weighted by atomic mass is 9.84. The van der Waals surface area contributed by atoms with Gasteiger partial charge in [-0.2, -0.15) is 0 Å². The second-order valence-corrected chi connectivity index (χ2v) is 6.71. The molecule has 0 unspecified atom stereocenters. The Bertz CT molecular complexity index is 551. The van der Waals surface area contributed by atoms with E-state index in [2.05, 4.69) is 0 Å². The molecule has 1 aromatic carbocycles. The Morgan fingerprint density at radius 2 is 2.08 bits per heavy atom. The maximum atomic E-state index is 12.4. The molecule has 132 valence electrons. The van der Waals surface area contributed by atoms with Gasteiger partial charge in [0, 0.05) is 26.6 Å². The van der Waals surface area contributed by atoms with Crippen molar-refractivity contribution in [3.8, 4) is 5.75 Å². The number of hydrogen-bond acceptors (Lipinski definition) is 4. The van der Waals surface area contributed by atoms with Crippen LogP contribution in [0.15, 0.2) is 24.3 Å². The van der Waals surface area contributed by atoms with Gasteiger partial charge in [-0.1, -0.05) is 12.1 Å². The number of methoxy groups -OCH3 is 1. The maximum absolute atomic E-state index is 12.4. The highest BCUT2D eigenvalue weighted by Crippen LogP contribution is 2.35. The Labute approximate surface area is 143 Å². The van der Waals surface area contributed by atoms with Crippen molar-refractivity contribution in [1.82, 2.24) is 4.90 Å². The molecule has 2 heterocycles. The Kier molecular flexibility index (Phi) is 5.41. The summed E-state index contributed by atoms with van der Waals surface area (Å²) in [5.74, 6) is 1.08. The number of nitrogens with zero attached hydrogens (tertiary/aromatic N) is 1. The van der Waals surface area contributed by atoms with Crippen molar-refractivity contribution in [2.45, 2.75) is 44.3 Å². The maximum Gasteiger partial charge on any atom is 0.223 e. The van der Waals surface area contributed by atoms with E-state index in [-0.39, 0.29) is 17.6 Å². The minimum Gasteiger partial charge on any atom is -0.494 e. The van der Waals surface area contributed by atoms with Crippen LogP contribution in [0.3, 0.4) is 0 Å². The summed E-state index contributed by atoms with van der Waals surface area (Å²) in [4.78, 5) is 14.3. The number of hydrogen-bond donors (Lipinski definition) is 0. The lowest BCUT2D eigenvalue weighted by molar-refractivity contribution is -0.198. The summed E-state index contributed by atoms with van der Waals surface area (Å²) >= 11 is 0. The molecule has 0 N–H and O–H groups in total. The molecule has 3 rings (SSSR count). The van der Waals surface area contributed by atoms with Gasteiger partial charge in [0.25, 0.3) is 0 Å². The molecule has 0 aromatic heterocycles. The minimum atomic E-state index is -0.159. The van der Waals surface area contributed by atoms with Crippen LogP contribution in [0.25, 0.3) is 0 Å². The topological polar surface area (TPSA) is 48.0 Å². The van der Waals surface area contributed by atoms with Gasteiger partial charge >= 0.3 is 0 Å². The van der Waals surface area contributed by atoms with Crippen LogP contribution in [0.5, 0.6) is 5.75 Å². The van der Waals surface area contributed by atoms with Crippen molar-refractivity contribution in [2.24, 2.45) is 0 Å². The van der Waals surface area contributed by atoms with Crippen LogP contribution in [0.1, 0.15) is 31.7 Å². The van der Waals surface area contributed by atoms with Crippen LogP contribution in [-0.2, 0) is 20.7 Å². The van der Waals surface area contributed by atoms with E-state index in [0.29, 0.717) is 26.1 Å². The lowest BCUT2D eigenvalue weighted by Crippen LogP contribution is -2.67. The average Bonchev–Trinajstić information content (AvgIpc) is 2.59. The monoisotopic (exact) mass is 333 g/mol. The average molecular weight is 333 g/mol. The molecule has 1 amide bonds. The van der Waals surface area contributed by atoms with Crippen LogP contribution in [0.4, 0.5) is 0 Å². The molecule has 0 aliphatic carbocycles. The summed E-state index contributed by atoms with van der Waals surface area (Å²) in [7, 11) is 1.75. The van der Waals surface area contributed by atoms with E-state index in [9.17, 15) is 4.79 Å². The molecule has 2 aliphatic heterocycles. The zero-order chi connectivity index (χ0) is 17.0. The molecule has 24 heavy (non-hydrogen) atoms. The third kappa shape index (κ3) is 3.90. The molecule has 1 aromatic rings. The van der Waals surface area contributed by atoms with E-state index in [1.54, 1.807) is 7.11 Å². The number of carbonyl (C=O) groups excluding carboxylic acids is 1. The summed E-state index contributed by atoms with van der Waals surface area (Å²) in [6.45, 7) is 4.77. The third-order valence-electron chi connectivity index (χ3n) is 4.95. The first-order chi connectivity index (χ1) is 11.6. The van der Waals surface area contributed by atoms with Gasteiger partial charge in [0.2, 0.25) is 5.91 Å². The Balaban J connectivity index is 1.43. The standard InChI is InChI=1S/C19H27NO4/c1-3-23-16-7-4-15(5-8-16)6-9-18(21)20-13-19(14-20)12-17(22-2)10-11-24-19/h4-5,7-8,17H,3,6,9-14H2,1-2H3/t17-/m1/s1. The molecule has 0 saturated carbocycles. The molecule has 2 fully saturated rings. The largest absolute Gasteiger partial charge is 0.494 e. The van der Waals surface area contributed by atoms with E-state index in [4.69, 9.17) is 14.2 Å². The predicted octanol–water partition coefficient (Wildman–Crippen LogP) is 2.42. The van der Waals surface area contributed by atoms with Gasteiger partial charge < -0.3 is 19.1 Å². The normalized spacial score (nSPS) is 22.2. The van der Waals surface area contributed by atoms with Crippen molar-refractivity contribution in [3.05, 3.63) is 29.8 Å². The summed E-state index contributed by atoms with van der Waals surface area (Å²) in [6, 6.07) is 7.98. The highest BCUT2D eigenvalue weighted by atomic mass is 16.5. The van der Waals surface area contributed by atoms with Crippen molar-refractivity contribution < 1.29 is 19.0 Å². The first kappa shape index (κ1) is 17.2. The quantitative estimate of drug-likeness (QED) is 0.802. The number of benzene rings is 1. The Hall–Kier alpha value is -1.59. The predicted molar refractivity (Wildman–Crippen MR) is 91.2 cm³/mol. The molecular formula is C19H27NO4. The molecule has 5 nitrogen and oxygen atoms in total. The smallest absolute Gasteiger partial charge is 0.223 e. The van der Waals surface area contributed by atoms with Gasteiger partial charge in [-0.25, -0.2) is 0 Å². The first-order valence-corrected chi connectivity index (χ1v) is 8.80. The van der Waals surface area contributed by atoms with E-state index >= 15 is 0 Å². The fraction of sp³-hybridized carbons (Fsp3) is 0.632. The first-order valence-electron chi connectivity index (χ1n) is 8.80. The number of carbonyl (C=O) groups is 1. The number of rotatable bonds is 6. The molecule has 2 aliphatic rings. The minimum absolute atomic E-state index is 0.159. The molecule has 5 heteroatoms. The van der Waals surface area contributed by atoms with Crippen LogP contribution >= 0.6 is 0 Å². The summed E-state index contributed by atoms with van der Waals surface area (Å²) in [6.07, 6.45) is 3.41. The van der Waals surface area contributed by atoms with E-state index in [0.717, 1.165) is 37.2 Å². The lowest BCUT2D eigenvalue weighted by Gasteiger charge is -2.53. The summed E-state index contributed by atoms with van der Waals surface area (Å²) in [5.41, 5.74) is 1.00. The SMILES string of the molecule is CCOc1ccc(CCC(=O)N2CC3(C[C@H](OC)CCO3)C2)cc1. The van der Waals surface area contributed by atoms with E-state index < -0.39 is 0 Å². The number of amides is 1. The molecule has 0 radical (unpaired) electrons. The Morgan fingerprint density at radius 1 is 1.33 bits per heavy atom. The fourth-order valence-corrected chi connectivity index (χ4v) is 3.56. The van der Waals surface area contributed by atoms with Crippen LogP contribution in [0, 0.1) is 0 Å². The summed E-state index contributed by atoms with van der Waals surface area (Å²) in [5, 5.41) is 0.